The molecule has 4 atom stereocenters. The molecular weight excluding hydrogens is 470 g/mol. The first-order valence-electron chi connectivity index (χ1n) is 12.8. The van der Waals surface area contributed by atoms with Crippen molar-refractivity contribution < 1.29 is 23.9 Å². The average molecular weight is 509 g/mol. The topological polar surface area (TPSA) is 129 Å². The van der Waals surface area contributed by atoms with Gasteiger partial charge in [-0.25, -0.2) is 0 Å². The van der Waals surface area contributed by atoms with E-state index in [9.17, 15) is 14.7 Å². The van der Waals surface area contributed by atoms with Crippen LogP contribution in [0.1, 0.15) is 25.8 Å². The SMILES string of the molecule is C[C@H]1C(COc2cccc3c(C[N+](C)(C)CCCNC(=N)N)cccc23)=C(C=O)N2C(=O)[C@H]([C@@H](C)O)C12. The largest absolute Gasteiger partial charge is 0.489 e. The molecule has 0 bridgehead atoms. The number of ether oxygens (including phenoxy) is 1. The molecule has 1 amide bonds. The van der Waals surface area contributed by atoms with Crippen molar-refractivity contribution in [1.29, 1.82) is 5.41 Å². The van der Waals surface area contributed by atoms with Gasteiger partial charge in [-0.3, -0.25) is 15.0 Å². The third kappa shape index (κ3) is 5.19. The number of nitrogens with zero attached hydrogens (tertiary/aromatic N) is 2. The predicted octanol–water partition coefficient (Wildman–Crippen LogP) is 1.98. The van der Waals surface area contributed by atoms with E-state index in [0.29, 0.717) is 12.2 Å². The molecule has 9 heteroatoms. The van der Waals surface area contributed by atoms with Crippen LogP contribution in [-0.2, 0) is 16.1 Å². The molecule has 0 radical (unpaired) electrons. The molecule has 2 aromatic carbocycles. The van der Waals surface area contributed by atoms with Gasteiger partial charge in [0.05, 0.1) is 44.4 Å². The lowest BCUT2D eigenvalue weighted by molar-refractivity contribution is -0.903. The van der Waals surface area contributed by atoms with E-state index in [-0.39, 0.29) is 30.4 Å². The van der Waals surface area contributed by atoms with Crippen LogP contribution in [0.3, 0.4) is 0 Å². The van der Waals surface area contributed by atoms with Gasteiger partial charge in [-0.2, -0.15) is 0 Å². The Balaban J connectivity index is 1.51. The lowest BCUT2D eigenvalue weighted by Crippen LogP contribution is -2.63. The minimum Gasteiger partial charge on any atom is -0.489 e. The molecule has 2 aromatic rings. The Kier molecular flexibility index (Phi) is 7.57. The first kappa shape index (κ1) is 26.6. The molecule has 198 valence electrons. The van der Waals surface area contributed by atoms with Crippen LogP contribution in [0, 0.1) is 17.2 Å². The molecule has 9 nitrogen and oxygen atoms in total. The standard InChI is InChI=1S/C28H38N5O4/c1-17-22(23(15-34)32-26(17)25(18(2)35)27(32)36)16-37-24-11-6-9-20-19(8-5-10-21(20)24)14-33(3,4)13-7-12-31-28(29)30/h5-6,8-11,15,17-18,25-26,35H,7,12-14,16H2,1-4H3,(H4,29,30,31)/q+1/t17-,18+,25+,26?/m0/s1. The number of aliphatic hydroxyl groups excluding tert-OH is 1. The highest BCUT2D eigenvalue weighted by Gasteiger charge is 2.58. The van der Waals surface area contributed by atoms with E-state index in [2.05, 4.69) is 31.5 Å². The number of nitrogens with one attached hydrogen (secondary N) is 2. The Morgan fingerprint density at radius 3 is 2.65 bits per heavy atom. The van der Waals surface area contributed by atoms with E-state index in [1.807, 2.05) is 31.2 Å². The number of hydrogen-bond donors (Lipinski definition) is 4. The molecule has 0 saturated carbocycles. The predicted molar refractivity (Wildman–Crippen MR) is 143 cm³/mol. The summed E-state index contributed by atoms with van der Waals surface area (Å²) >= 11 is 0. The van der Waals surface area contributed by atoms with Gasteiger partial charge in [0.15, 0.2) is 12.2 Å². The van der Waals surface area contributed by atoms with Gasteiger partial charge < -0.3 is 30.3 Å². The molecule has 5 N–H and O–H groups in total. The van der Waals surface area contributed by atoms with Crippen LogP contribution in [0.2, 0.25) is 0 Å². The van der Waals surface area contributed by atoms with Crippen LogP contribution in [0.5, 0.6) is 5.75 Å². The highest BCUT2D eigenvalue weighted by atomic mass is 16.5. The van der Waals surface area contributed by atoms with E-state index in [1.165, 1.54) is 10.5 Å². The fourth-order valence-corrected chi connectivity index (χ4v) is 5.81. The first-order valence-corrected chi connectivity index (χ1v) is 12.8. The van der Waals surface area contributed by atoms with Crippen LogP contribution in [0.15, 0.2) is 47.7 Å². The lowest BCUT2D eigenvalue weighted by atomic mass is 9.78. The van der Waals surface area contributed by atoms with Gasteiger partial charge in [0.2, 0.25) is 5.91 Å². The van der Waals surface area contributed by atoms with Gasteiger partial charge in [-0.05, 0) is 23.9 Å². The number of aldehydes is 1. The minimum absolute atomic E-state index is 0.00544. The Labute approximate surface area is 218 Å². The molecule has 2 heterocycles. The average Bonchev–Trinajstić information content (AvgIpc) is 3.07. The highest BCUT2D eigenvalue weighted by Crippen LogP contribution is 2.46. The summed E-state index contributed by atoms with van der Waals surface area (Å²) in [4.78, 5) is 26.0. The fourth-order valence-electron chi connectivity index (χ4n) is 5.81. The summed E-state index contributed by atoms with van der Waals surface area (Å²) in [6.45, 7) is 6.24. The van der Waals surface area contributed by atoms with E-state index in [0.717, 1.165) is 52.4 Å². The normalized spacial score (nSPS) is 22.0. The second-order valence-electron chi connectivity index (χ2n) is 10.9. The van der Waals surface area contributed by atoms with Crippen LogP contribution >= 0.6 is 0 Å². The number of carbonyl (C=O) groups is 2. The Hall–Kier alpha value is -3.43. The van der Waals surface area contributed by atoms with E-state index in [1.54, 1.807) is 6.92 Å². The fraction of sp³-hybridized carbons (Fsp3) is 0.464. The van der Waals surface area contributed by atoms with Gasteiger partial charge in [-0.15, -0.1) is 0 Å². The minimum atomic E-state index is -0.756. The zero-order valence-electron chi connectivity index (χ0n) is 22.0. The number of rotatable bonds is 11. The van der Waals surface area contributed by atoms with Crippen molar-refractivity contribution in [2.24, 2.45) is 17.6 Å². The van der Waals surface area contributed by atoms with Gasteiger partial charge in [0.25, 0.3) is 0 Å². The summed E-state index contributed by atoms with van der Waals surface area (Å²) in [7, 11) is 4.38. The summed E-state index contributed by atoms with van der Waals surface area (Å²) < 4.78 is 7.07. The molecule has 37 heavy (non-hydrogen) atoms. The Morgan fingerprint density at radius 1 is 1.27 bits per heavy atom. The summed E-state index contributed by atoms with van der Waals surface area (Å²) in [6.07, 6.45) is 0.876. The van der Waals surface area contributed by atoms with E-state index >= 15 is 0 Å². The number of hydrogen-bond acceptors (Lipinski definition) is 5. The third-order valence-electron chi connectivity index (χ3n) is 7.68. The van der Waals surface area contributed by atoms with Crippen molar-refractivity contribution in [3.63, 3.8) is 0 Å². The summed E-state index contributed by atoms with van der Waals surface area (Å²) in [5.74, 6) is -0.0282. The molecule has 0 spiro atoms. The van der Waals surface area contributed by atoms with Crippen LogP contribution in [0.25, 0.3) is 10.8 Å². The van der Waals surface area contributed by atoms with Crippen LogP contribution < -0.4 is 15.8 Å². The van der Waals surface area contributed by atoms with E-state index in [4.69, 9.17) is 15.9 Å². The number of fused-ring (bicyclic) bond motifs is 2. The second kappa shape index (κ2) is 10.5. The van der Waals surface area contributed by atoms with Gasteiger partial charge in [-0.1, -0.05) is 37.3 Å². The quantitative estimate of drug-likeness (QED) is 0.0918. The number of amides is 1. The highest BCUT2D eigenvalue weighted by molar-refractivity contribution is 5.96. The van der Waals surface area contributed by atoms with Gasteiger partial charge in [0.1, 0.15) is 18.9 Å². The van der Waals surface area contributed by atoms with Crippen molar-refractivity contribution >= 4 is 28.9 Å². The number of aliphatic hydroxyl groups is 1. The summed E-state index contributed by atoms with van der Waals surface area (Å²) in [6, 6.07) is 12.0. The molecule has 4 rings (SSSR count). The van der Waals surface area contributed by atoms with Crippen molar-refractivity contribution in [3.05, 3.63) is 53.2 Å². The maximum atomic E-state index is 12.6. The van der Waals surface area contributed by atoms with Crippen molar-refractivity contribution in [1.82, 2.24) is 10.2 Å². The number of guanidine groups is 1. The van der Waals surface area contributed by atoms with Crippen molar-refractivity contribution in [2.45, 2.75) is 39.0 Å². The van der Waals surface area contributed by atoms with Crippen LogP contribution in [-0.4, -0.2) is 78.6 Å². The molecule has 2 aliphatic heterocycles. The molecule has 2 aliphatic rings. The number of benzene rings is 2. The molecular formula is C28H38N5O4+. The van der Waals surface area contributed by atoms with Crippen molar-refractivity contribution in [3.8, 4) is 5.75 Å². The molecule has 0 aromatic heterocycles. The first-order chi connectivity index (χ1) is 17.6. The summed E-state index contributed by atoms with van der Waals surface area (Å²) in [5.41, 5.74) is 7.76. The zero-order valence-corrected chi connectivity index (χ0v) is 22.0. The van der Waals surface area contributed by atoms with Gasteiger partial charge >= 0.3 is 0 Å². The summed E-state index contributed by atoms with van der Waals surface area (Å²) in [5, 5.41) is 22.3. The maximum absolute atomic E-state index is 12.6. The van der Waals surface area contributed by atoms with Crippen LogP contribution in [0.4, 0.5) is 0 Å². The maximum Gasteiger partial charge on any atom is 0.235 e. The van der Waals surface area contributed by atoms with E-state index < -0.39 is 12.0 Å². The molecule has 0 aliphatic carbocycles. The molecule has 1 saturated heterocycles. The second-order valence-corrected chi connectivity index (χ2v) is 10.9. The zero-order chi connectivity index (χ0) is 26.9. The smallest absolute Gasteiger partial charge is 0.235 e. The van der Waals surface area contributed by atoms with Gasteiger partial charge in [0, 0.05) is 29.8 Å². The molecule has 1 fully saturated rings. The number of allylic oxidation sites excluding steroid dienone is 1. The lowest BCUT2D eigenvalue weighted by Gasteiger charge is -2.46. The number of β-lactam (4-membered cyclic amide) rings is 1. The Bertz CT molecular complexity index is 1240. The number of carbonyl (C=O) groups excluding carboxylic acids is 2. The third-order valence-corrected chi connectivity index (χ3v) is 7.68. The van der Waals surface area contributed by atoms with Crippen molar-refractivity contribution in [2.75, 3.05) is 33.8 Å². The molecule has 1 unspecified atom stereocenters. The number of quaternary nitrogens is 1. The Morgan fingerprint density at radius 2 is 1.97 bits per heavy atom. The number of nitrogens with two attached hydrogens (primary N) is 1. The monoisotopic (exact) mass is 508 g/mol.